The van der Waals surface area contributed by atoms with Gasteiger partial charge in [-0.2, -0.15) is 0 Å². The lowest BCUT2D eigenvalue weighted by molar-refractivity contribution is 0.0984. The van der Waals surface area contributed by atoms with Gasteiger partial charge in [0.1, 0.15) is 0 Å². The van der Waals surface area contributed by atoms with Gasteiger partial charge in [-0.3, -0.25) is 9.69 Å². The Hall–Kier alpha value is -2.54. The molecule has 0 aliphatic rings. The van der Waals surface area contributed by atoms with Gasteiger partial charge in [-0.1, -0.05) is 83.6 Å². The molecule has 4 nitrogen and oxygen atoms in total. The zero-order chi connectivity index (χ0) is 23.2. The van der Waals surface area contributed by atoms with Gasteiger partial charge in [0.15, 0.2) is 5.13 Å². The fraction of sp³-hybridized carbons (Fsp3) is 0.259. The van der Waals surface area contributed by atoms with E-state index in [0.717, 1.165) is 45.9 Å². The van der Waals surface area contributed by atoms with Crippen molar-refractivity contribution in [2.45, 2.75) is 20.3 Å². The van der Waals surface area contributed by atoms with Gasteiger partial charge in [-0.25, -0.2) is 4.98 Å². The van der Waals surface area contributed by atoms with E-state index >= 15 is 0 Å². The largest absolute Gasteiger partial charge is 0.302 e. The van der Waals surface area contributed by atoms with Crippen LogP contribution in [0.5, 0.6) is 0 Å². The quantitative estimate of drug-likeness (QED) is 0.247. The van der Waals surface area contributed by atoms with Crippen molar-refractivity contribution in [1.82, 2.24) is 9.88 Å². The average molecular weight is 523 g/mol. The van der Waals surface area contributed by atoms with Crippen LogP contribution in [0.3, 0.4) is 0 Å². The molecule has 0 N–H and O–H groups in total. The number of rotatable bonds is 9. The maximum atomic E-state index is 13.6. The van der Waals surface area contributed by atoms with E-state index in [0.29, 0.717) is 12.1 Å². The number of halogens is 1. The Morgan fingerprint density at radius 2 is 1.61 bits per heavy atom. The maximum Gasteiger partial charge on any atom is 0.260 e. The van der Waals surface area contributed by atoms with E-state index in [9.17, 15) is 4.79 Å². The van der Waals surface area contributed by atoms with Gasteiger partial charge in [0.25, 0.3) is 5.91 Å². The Balaban J connectivity index is 1.59. The van der Waals surface area contributed by atoms with Crippen LogP contribution in [0.1, 0.15) is 35.3 Å². The molecule has 1 heterocycles. The average Bonchev–Trinajstić information content (AvgIpc) is 3.25. The number of amides is 1. The van der Waals surface area contributed by atoms with Crippen LogP contribution in [0.25, 0.3) is 10.2 Å². The molecule has 170 valence electrons. The number of likely N-dealkylation sites (N-methyl/N-ethyl adjacent to an activating group) is 1. The number of fused-ring (bicyclic) bond motifs is 1. The van der Waals surface area contributed by atoms with E-state index in [2.05, 4.69) is 77.1 Å². The van der Waals surface area contributed by atoms with Crippen LogP contribution in [0, 0.1) is 0 Å². The predicted octanol–water partition coefficient (Wildman–Crippen LogP) is 6.64. The molecule has 6 heteroatoms. The summed E-state index contributed by atoms with van der Waals surface area (Å²) in [7, 11) is 0. The van der Waals surface area contributed by atoms with Crippen LogP contribution in [0.4, 0.5) is 5.13 Å². The minimum atomic E-state index is -0.00783. The highest BCUT2D eigenvalue weighted by molar-refractivity contribution is 9.10. The Morgan fingerprint density at radius 1 is 0.909 bits per heavy atom. The third-order valence-electron chi connectivity index (χ3n) is 5.80. The number of carbonyl (C=O) groups is 1. The molecule has 0 saturated heterocycles. The van der Waals surface area contributed by atoms with Gasteiger partial charge in [0, 0.05) is 23.1 Å². The van der Waals surface area contributed by atoms with Gasteiger partial charge in [0.05, 0.1) is 10.2 Å². The zero-order valence-corrected chi connectivity index (χ0v) is 21.4. The summed E-state index contributed by atoms with van der Waals surface area (Å²) in [6.45, 7) is 7.63. The zero-order valence-electron chi connectivity index (χ0n) is 19.0. The number of hydrogen-bond acceptors (Lipinski definition) is 4. The first-order valence-corrected chi connectivity index (χ1v) is 12.9. The molecule has 0 bridgehead atoms. The lowest BCUT2D eigenvalue weighted by Gasteiger charge is -2.24. The molecule has 0 aliphatic carbocycles. The van der Waals surface area contributed by atoms with Gasteiger partial charge in [-0.05, 0) is 61.0 Å². The molecule has 0 radical (unpaired) electrons. The van der Waals surface area contributed by atoms with Crippen LogP contribution in [0.15, 0.2) is 77.3 Å². The van der Waals surface area contributed by atoms with E-state index in [4.69, 9.17) is 4.98 Å². The molecule has 0 atom stereocenters. The molecule has 1 aromatic heterocycles. The number of thiazole rings is 1. The first kappa shape index (κ1) is 23.6. The molecule has 33 heavy (non-hydrogen) atoms. The Morgan fingerprint density at radius 3 is 2.30 bits per heavy atom. The minimum Gasteiger partial charge on any atom is -0.302 e. The summed E-state index contributed by atoms with van der Waals surface area (Å²) >= 11 is 5.09. The van der Waals surface area contributed by atoms with Crippen molar-refractivity contribution in [2.24, 2.45) is 0 Å². The fourth-order valence-corrected chi connectivity index (χ4v) is 5.36. The summed E-state index contributed by atoms with van der Waals surface area (Å²) in [5.41, 5.74) is 4.05. The first-order chi connectivity index (χ1) is 16.1. The second-order valence-corrected chi connectivity index (χ2v) is 9.88. The van der Waals surface area contributed by atoms with Crippen molar-refractivity contribution in [1.29, 1.82) is 0 Å². The summed E-state index contributed by atoms with van der Waals surface area (Å²) < 4.78 is 2.08. The lowest BCUT2D eigenvalue weighted by Crippen LogP contribution is -2.38. The molecule has 1 amide bonds. The number of anilines is 1. The van der Waals surface area contributed by atoms with Crippen LogP contribution < -0.4 is 4.90 Å². The molecule has 0 fully saturated rings. The van der Waals surface area contributed by atoms with Gasteiger partial charge in [-0.15, -0.1) is 0 Å². The third kappa shape index (κ3) is 5.88. The van der Waals surface area contributed by atoms with Crippen molar-refractivity contribution < 1.29 is 4.79 Å². The summed E-state index contributed by atoms with van der Waals surface area (Å²) in [6, 6.07) is 24.4. The first-order valence-electron chi connectivity index (χ1n) is 11.3. The summed E-state index contributed by atoms with van der Waals surface area (Å²) in [5.74, 6) is -0.00783. The van der Waals surface area contributed by atoms with Crippen LogP contribution in [-0.4, -0.2) is 42.0 Å². The van der Waals surface area contributed by atoms with Gasteiger partial charge < -0.3 is 4.90 Å². The molecule has 3 aromatic carbocycles. The highest BCUT2D eigenvalue weighted by atomic mass is 79.9. The summed E-state index contributed by atoms with van der Waals surface area (Å²) in [5, 5.41) is 0.744. The van der Waals surface area contributed by atoms with E-state index in [-0.39, 0.29) is 5.91 Å². The Kier molecular flexibility index (Phi) is 7.91. The van der Waals surface area contributed by atoms with Crippen LogP contribution in [-0.2, 0) is 6.42 Å². The van der Waals surface area contributed by atoms with Crippen LogP contribution >= 0.6 is 27.3 Å². The smallest absolute Gasteiger partial charge is 0.260 e. The van der Waals surface area contributed by atoms with E-state index < -0.39 is 0 Å². The van der Waals surface area contributed by atoms with E-state index in [1.165, 1.54) is 11.1 Å². The maximum absolute atomic E-state index is 13.6. The molecule has 0 spiro atoms. The van der Waals surface area contributed by atoms with Crippen LogP contribution in [0.2, 0.25) is 0 Å². The van der Waals surface area contributed by atoms with Gasteiger partial charge >= 0.3 is 0 Å². The molecular weight excluding hydrogens is 494 g/mol. The molecular formula is C27H28BrN3OS. The predicted molar refractivity (Wildman–Crippen MR) is 142 cm³/mol. The third-order valence-corrected chi connectivity index (χ3v) is 7.34. The minimum absolute atomic E-state index is 0.00783. The normalized spacial score (nSPS) is 11.3. The number of benzene rings is 3. The molecule has 4 aromatic rings. The molecule has 0 aliphatic heterocycles. The highest BCUT2D eigenvalue weighted by Gasteiger charge is 2.22. The van der Waals surface area contributed by atoms with E-state index in [1.807, 2.05) is 35.2 Å². The molecule has 0 saturated carbocycles. The topological polar surface area (TPSA) is 36.4 Å². The van der Waals surface area contributed by atoms with Crippen molar-refractivity contribution in [3.63, 3.8) is 0 Å². The van der Waals surface area contributed by atoms with Crippen molar-refractivity contribution in [2.75, 3.05) is 31.1 Å². The summed E-state index contributed by atoms with van der Waals surface area (Å²) in [6.07, 6.45) is 0.855. The van der Waals surface area contributed by atoms with Crippen molar-refractivity contribution in [3.8, 4) is 0 Å². The van der Waals surface area contributed by atoms with Crippen molar-refractivity contribution >= 4 is 48.5 Å². The monoisotopic (exact) mass is 521 g/mol. The standard InChI is InChI=1S/C27H28BrN3OS/c1-3-30(4-2)16-17-31(27-29-24-15-14-23(28)19-25(24)33-27)26(32)22-12-10-21(11-13-22)18-20-8-6-5-7-9-20/h5-15,19H,3-4,16-18H2,1-2H3. The van der Waals surface area contributed by atoms with Gasteiger partial charge in [0.2, 0.25) is 0 Å². The fourth-order valence-electron chi connectivity index (χ4n) is 3.82. The Bertz CT molecular complexity index is 1200. The number of carbonyl (C=O) groups excluding carboxylic acids is 1. The SMILES string of the molecule is CCN(CC)CCN(C(=O)c1ccc(Cc2ccccc2)cc1)c1nc2ccc(Br)cc2s1. The number of hydrogen-bond donors (Lipinski definition) is 0. The summed E-state index contributed by atoms with van der Waals surface area (Å²) in [4.78, 5) is 22.6. The number of nitrogens with zero attached hydrogens (tertiary/aromatic N) is 3. The second-order valence-electron chi connectivity index (χ2n) is 7.95. The highest BCUT2D eigenvalue weighted by Crippen LogP contribution is 2.31. The van der Waals surface area contributed by atoms with E-state index in [1.54, 1.807) is 11.3 Å². The lowest BCUT2D eigenvalue weighted by atomic mass is 10.0. The molecule has 0 unspecified atom stereocenters. The van der Waals surface area contributed by atoms with Crippen molar-refractivity contribution in [3.05, 3.63) is 94.0 Å². The number of aromatic nitrogens is 1. The Labute approximate surface area is 208 Å². The second kappa shape index (κ2) is 11.1. The molecule has 4 rings (SSSR count).